The summed E-state index contributed by atoms with van der Waals surface area (Å²) in [6.07, 6.45) is 3.93. The van der Waals surface area contributed by atoms with Gasteiger partial charge in [0.2, 0.25) is 5.91 Å². The van der Waals surface area contributed by atoms with Crippen molar-refractivity contribution in [1.82, 2.24) is 15.2 Å². The van der Waals surface area contributed by atoms with E-state index in [2.05, 4.69) is 63.7 Å². The summed E-state index contributed by atoms with van der Waals surface area (Å²) in [6, 6.07) is 23.1. The Balaban J connectivity index is 1.47. The third-order valence-corrected chi connectivity index (χ3v) is 5.72. The van der Waals surface area contributed by atoms with E-state index in [9.17, 15) is 4.79 Å². The van der Waals surface area contributed by atoms with Gasteiger partial charge in [-0.2, -0.15) is 0 Å². The second kappa shape index (κ2) is 9.01. The minimum absolute atomic E-state index is 0.0635. The van der Waals surface area contributed by atoms with Gasteiger partial charge in [-0.15, -0.1) is 0 Å². The van der Waals surface area contributed by atoms with E-state index in [-0.39, 0.29) is 11.9 Å². The predicted molar refractivity (Wildman–Crippen MR) is 116 cm³/mol. The number of nitrogens with one attached hydrogen (secondary N) is 1. The first-order chi connectivity index (χ1) is 14.2. The monoisotopic (exact) mass is 385 g/mol. The molecule has 1 saturated heterocycles. The van der Waals surface area contributed by atoms with Crippen LogP contribution in [0.2, 0.25) is 0 Å². The minimum Gasteiger partial charge on any atom is -0.351 e. The Kier molecular flexibility index (Phi) is 6.01. The van der Waals surface area contributed by atoms with Gasteiger partial charge in [0.15, 0.2) is 0 Å². The number of aryl methyl sites for hydroxylation is 1. The van der Waals surface area contributed by atoms with Crippen molar-refractivity contribution in [3.05, 3.63) is 101 Å². The molecular formula is C25H27N3O. The molecule has 4 heteroatoms. The van der Waals surface area contributed by atoms with Crippen LogP contribution in [0.1, 0.15) is 28.2 Å². The second-order valence-corrected chi connectivity index (χ2v) is 7.85. The number of hydrogen-bond donors (Lipinski definition) is 1. The highest BCUT2D eigenvalue weighted by Gasteiger charge is 2.34. The highest BCUT2D eigenvalue weighted by molar-refractivity contribution is 5.79. The van der Waals surface area contributed by atoms with Crippen LogP contribution < -0.4 is 5.32 Å². The number of amides is 1. The average Bonchev–Trinajstić information content (AvgIpc) is 3.13. The van der Waals surface area contributed by atoms with Crippen LogP contribution in [-0.4, -0.2) is 34.9 Å². The number of hydrogen-bond acceptors (Lipinski definition) is 3. The number of nitrogens with zero attached hydrogens (tertiary/aromatic N) is 2. The SMILES string of the molecule is Cc1ccncc1CC(=O)N[C@@H]1CN(Cc2ccccc2)C[C@H]1c1ccccc1. The van der Waals surface area contributed by atoms with Crippen molar-refractivity contribution in [3.63, 3.8) is 0 Å². The van der Waals surface area contributed by atoms with Crippen LogP contribution in [0.5, 0.6) is 0 Å². The lowest BCUT2D eigenvalue weighted by atomic mass is 9.94. The largest absolute Gasteiger partial charge is 0.351 e. The number of likely N-dealkylation sites (tertiary alicyclic amines) is 1. The Morgan fingerprint density at radius 1 is 1.03 bits per heavy atom. The molecule has 1 aromatic heterocycles. The van der Waals surface area contributed by atoms with E-state index in [4.69, 9.17) is 0 Å². The van der Waals surface area contributed by atoms with Crippen LogP contribution in [-0.2, 0) is 17.8 Å². The second-order valence-electron chi connectivity index (χ2n) is 7.85. The summed E-state index contributed by atoms with van der Waals surface area (Å²) in [6.45, 7) is 4.72. The minimum atomic E-state index is 0.0635. The number of rotatable bonds is 6. The maximum atomic E-state index is 12.8. The van der Waals surface area contributed by atoms with Gasteiger partial charge in [-0.25, -0.2) is 0 Å². The Labute approximate surface area is 172 Å². The van der Waals surface area contributed by atoms with E-state index >= 15 is 0 Å². The van der Waals surface area contributed by atoms with E-state index in [1.165, 1.54) is 11.1 Å². The van der Waals surface area contributed by atoms with Crippen molar-refractivity contribution in [3.8, 4) is 0 Å². The van der Waals surface area contributed by atoms with Gasteiger partial charge in [0, 0.05) is 44.0 Å². The molecule has 0 radical (unpaired) electrons. The average molecular weight is 386 g/mol. The number of pyridine rings is 1. The maximum absolute atomic E-state index is 12.8. The molecule has 4 rings (SSSR count). The topological polar surface area (TPSA) is 45.2 Å². The summed E-state index contributed by atoms with van der Waals surface area (Å²) in [5.41, 5.74) is 4.68. The molecule has 2 aromatic carbocycles. The molecule has 1 aliphatic heterocycles. The molecule has 1 aliphatic rings. The quantitative estimate of drug-likeness (QED) is 0.703. The molecule has 0 bridgehead atoms. The molecule has 0 unspecified atom stereocenters. The molecule has 29 heavy (non-hydrogen) atoms. The van der Waals surface area contributed by atoms with E-state index in [1.54, 1.807) is 12.4 Å². The zero-order valence-corrected chi connectivity index (χ0v) is 16.8. The molecule has 0 saturated carbocycles. The molecule has 2 atom stereocenters. The number of benzene rings is 2. The highest BCUT2D eigenvalue weighted by atomic mass is 16.1. The summed E-state index contributed by atoms with van der Waals surface area (Å²) in [4.78, 5) is 19.4. The van der Waals surface area contributed by atoms with Gasteiger partial charge < -0.3 is 5.32 Å². The van der Waals surface area contributed by atoms with Gasteiger partial charge >= 0.3 is 0 Å². The van der Waals surface area contributed by atoms with E-state index < -0.39 is 0 Å². The Morgan fingerprint density at radius 2 is 1.76 bits per heavy atom. The first-order valence-electron chi connectivity index (χ1n) is 10.2. The van der Waals surface area contributed by atoms with Crippen LogP contribution in [0, 0.1) is 6.92 Å². The van der Waals surface area contributed by atoms with Gasteiger partial charge in [-0.3, -0.25) is 14.7 Å². The third-order valence-electron chi connectivity index (χ3n) is 5.72. The van der Waals surface area contributed by atoms with Crippen LogP contribution in [0.15, 0.2) is 79.1 Å². The Morgan fingerprint density at radius 3 is 2.48 bits per heavy atom. The lowest BCUT2D eigenvalue weighted by molar-refractivity contribution is -0.121. The van der Waals surface area contributed by atoms with Gasteiger partial charge in [-0.1, -0.05) is 60.7 Å². The lowest BCUT2D eigenvalue weighted by Crippen LogP contribution is -2.40. The summed E-state index contributed by atoms with van der Waals surface area (Å²) in [7, 11) is 0. The fraction of sp³-hybridized carbons (Fsp3) is 0.280. The zero-order chi connectivity index (χ0) is 20.1. The fourth-order valence-electron chi connectivity index (χ4n) is 4.15. The molecule has 148 valence electrons. The van der Waals surface area contributed by atoms with Crippen LogP contribution >= 0.6 is 0 Å². The normalized spacial score (nSPS) is 19.2. The maximum Gasteiger partial charge on any atom is 0.224 e. The summed E-state index contributed by atoms with van der Waals surface area (Å²) >= 11 is 0. The number of carbonyl (C=O) groups excluding carboxylic acids is 1. The van der Waals surface area contributed by atoms with Crippen LogP contribution in [0.3, 0.4) is 0 Å². The van der Waals surface area contributed by atoms with Gasteiger partial charge in [0.25, 0.3) is 0 Å². The molecule has 0 spiro atoms. The van der Waals surface area contributed by atoms with E-state index in [1.807, 2.05) is 25.1 Å². The molecule has 1 amide bonds. The Hall–Kier alpha value is -2.98. The fourth-order valence-corrected chi connectivity index (χ4v) is 4.15. The smallest absolute Gasteiger partial charge is 0.224 e. The standard InChI is InChI=1S/C25H27N3O/c1-19-12-13-26-15-22(19)14-25(29)27-24-18-28(16-20-8-4-2-5-9-20)17-23(24)21-10-6-3-7-11-21/h2-13,15,23-24H,14,16-18H2,1H3,(H,27,29)/t23-,24+/m0/s1. The molecule has 1 N–H and O–H groups in total. The third kappa shape index (κ3) is 4.90. The predicted octanol–water partition coefficient (Wildman–Crippen LogP) is 3.72. The molecule has 3 aromatic rings. The van der Waals surface area contributed by atoms with Crippen molar-refractivity contribution >= 4 is 5.91 Å². The van der Waals surface area contributed by atoms with Crippen molar-refractivity contribution in [2.75, 3.05) is 13.1 Å². The van der Waals surface area contributed by atoms with Crippen molar-refractivity contribution in [2.24, 2.45) is 0 Å². The van der Waals surface area contributed by atoms with Crippen molar-refractivity contribution < 1.29 is 4.79 Å². The number of aromatic nitrogens is 1. The molecule has 1 fully saturated rings. The first-order valence-corrected chi connectivity index (χ1v) is 10.2. The summed E-state index contributed by atoms with van der Waals surface area (Å²) in [5, 5.41) is 3.31. The van der Waals surface area contributed by atoms with Gasteiger partial charge in [0.05, 0.1) is 6.42 Å². The van der Waals surface area contributed by atoms with E-state index in [0.29, 0.717) is 12.3 Å². The van der Waals surface area contributed by atoms with Gasteiger partial charge in [-0.05, 0) is 35.2 Å². The summed E-state index contributed by atoms with van der Waals surface area (Å²) < 4.78 is 0. The molecule has 2 heterocycles. The number of carbonyl (C=O) groups is 1. The molecule has 0 aliphatic carbocycles. The molecular weight excluding hydrogens is 358 g/mol. The van der Waals surface area contributed by atoms with Crippen molar-refractivity contribution in [1.29, 1.82) is 0 Å². The Bertz CT molecular complexity index is 943. The highest BCUT2D eigenvalue weighted by Crippen LogP contribution is 2.29. The zero-order valence-electron chi connectivity index (χ0n) is 16.8. The van der Waals surface area contributed by atoms with Crippen molar-refractivity contribution in [2.45, 2.75) is 31.8 Å². The summed E-state index contributed by atoms with van der Waals surface area (Å²) in [5.74, 6) is 0.354. The van der Waals surface area contributed by atoms with Crippen LogP contribution in [0.4, 0.5) is 0 Å². The van der Waals surface area contributed by atoms with Gasteiger partial charge in [0.1, 0.15) is 0 Å². The lowest BCUT2D eigenvalue weighted by Gasteiger charge is -2.20. The van der Waals surface area contributed by atoms with Crippen LogP contribution in [0.25, 0.3) is 0 Å². The molecule has 4 nitrogen and oxygen atoms in total. The first kappa shape index (κ1) is 19.3. The van der Waals surface area contributed by atoms with E-state index in [0.717, 1.165) is 30.8 Å².